The first-order valence-corrected chi connectivity index (χ1v) is 12.1. The van der Waals surface area contributed by atoms with Crippen LogP contribution in [-0.4, -0.2) is 30.0 Å². The first-order chi connectivity index (χ1) is 18.1. The summed E-state index contributed by atoms with van der Waals surface area (Å²) in [6.45, 7) is 6.98. The zero-order valence-corrected chi connectivity index (χ0v) is 22.3. The van der Waals surface area contributed by atoms with Crippen LogP contribution in [-0.2, 0) is 6.18 Å². The average Bonchev–Trinajstić information content (AvgIpc) is 3.52. The minimum atomic E-state index is -4.60. The molecule has 0 aliphatic carbocycles. The van der Waals surface area contributed by atoms with Crippen molar-refractivity contribution in [3.8, 4) is 11.4 Å². The van der Waals surface area contributed by atoms with Crippen molar-refractivity contribution in [3.63, 3.8) is 0 Å². The van der Waals surface area contributed by atoms with Crippen molar-refractivity contribution in [1.29, 1.82) is 0 Å². The first-order valence-electron chi connectivity index (χ1n) is 11.3. The Hall–Kier alpha value is -3.19. The Morgan fingerprint density at radius 3 is 1.51 bits per heavy atom. The molecule has 0 N–H and O–H groups in total. The highest BCUT2D eigenvalue weighted by Gasteiger charge is 2.35. The molecule has 0 aliphatic heterocycles. The molecule has 0 fully saturated rings. The van der Waals surface area contributed by atoms with Crippen LogP contribution in [0.3, 0.4) is 0 Å². The number of benzene rings is 2. The van der Waals surface area contributed by atoms with E-state index < -0.39 is 35.6 Å². The van der Waals surface area contributed by atoms with Crippen molar-refractivity contribution in [2.75, 3.05) is 0 Å². The molecule has 4 rings (SSSR count). The second-order valence-electron chi connectivity index (χ2n) is 8.83. The summed E-state index contributed by atoms with van der Waals surface area (Å²) in [7, 11) is 0. The van der Waals surface area contributed by atoms with Gasteiger partial charge in [-0.05, 0) is 36.1 Å². The van der Waals surface area contributed by atoms with Crippen LogP contribution in [0.15, 0.2) is 36.7 Å². The van der Waals surface area contributed by atoms with E-state index in [1.165, 1.54) is 24.3 Å². The summed E-state index contributed by atoms with van der Waals surface area (Å²) in [5, 5.41) is 13.3. The van der Waals surface area contributed by atoms with Gasteiger partial charge in [-0.25, -0.2) is 26.9 Å². The maximum Gasteiger partial charge on any atom is 0.436 e. The summed E-state index contributed by atoms with van der Waals surface area (Å²) in [5.74, 6) is -1.68. The lowest BCUT2D eigenvalue weighted by Crippen LogP contribution is -2.06. The molecule has 0 saturated carbocycles. The Morgan fingerprint density at radius 2 is 1.15 bits per heavy atom. The Bertz CT molecular complexity index is 1450. The number of hydrogen-bond donors (Lipinski definition) is 0. The number of halogens is 9. The zero-order valence-electron chi connectivity index (χ0n) is 20.8. The molecular formula is C24H21Cl2F7N6. The van der Waals surface area contributed by atoms with Crippen LogP contribution in [0.25, 0.3) is 11.4 Å². The van der Waals surface area contributed by atoms with Crippen LogP contribution >= 0.6 is 23.2 Å². The number of nitrogens with zero attached hydrogens (tertiary/aromatic N) is 6. The summed E-state index contributed by atoms with van der Waals surface area (Å²) >= 11 is 11.4. The lowest BCUT2D eigenvalue weighted by molar-refractivity contribution is -0.141. The molecule has 0 bridgehead atoms. The molecule has 4 aromatic rings. The predicted octanol–water partition coefficient (Wildman–Crippen LogP) is 8.32. The van der Waals surface area contributed by atoms with Gasteiger partial charge < -0.3 is 0 Å². The molecule has 2 aromatic heterocycles. The fourth-order valence-electron chi connectivity index (χ4n) is 3.62. The van der Waals surface area contributed by atoms with Gasteiger partial charge in [0.05, 0.1) is 33.8 Å². The van der Waals surface area contributed by atoms with Gasteiger partial charge in [-0.2, -0.15) is 13.2 Å². The van der Waals surface area contributed by atoms with Crippen molar-refractivity contribution >= 4 is 23.2 Å². The highest BCUT2D eigenvalue weighted by atomic mass is 35.5. The maximum atomic E-state index is 14.0. The summed E-state index contributed by atoms with van der Waals surface area (Å²) in [6.07, 6.45) is -5.51. The Morgan fingerprint density at radius 1 is 0.718 bits per heavy atom. The molecule has 210 valence electrons. The van der Waals surface area contributed by atoms with Crippen LogP contribution < -0.4 is 0 Å². The minimum absolute atomic E-state index is 0.0124. The fourth-order valence-corrected chi connectivity index (χ4v) is 3.95. The van der Waals surface area contributed by atoms with E-state index in [-0.39, 0.29) is 33.1 Å². The topological polar surface area (TPSA) is 61.4 Å². The largest absolute Gasteiger partial charge is 0.436 e. The smallest absolute Gasteiger partial charge is 0.220 e. The lowest BCUT2D eigenvalue weighted by Gasteiger charge is -2.14. The van der Waals surface area contributed by atoms with Gasteiger partial charge in [-0.1, -0.05) is 61.3 Å². The van der Waals surface area contributed by atoms with Gasteiger partial charge >= 0.3 is 6.18 Å². The number of aromatic nitrogens is 6. The van der Waals surface area contributed by atoms with E-state index in [2.05, 4.69) is 20.6 Å². The van der Waals surface area contributed by atoms with Gasteiger partial charge in [0.15, 0.2) is 5.69 Å². The molecule has 0 aliphatic rings. The molecule has 0 radical (unpaired) electrons. The quantitative estimate of drug-likeness (QED) is 0.217. The number of rotatable bonds is 5. The Labute approximate surface area is 228 Å². The third kappa shape index (κ3) is 6.70. The van der Waals surface area contributed by atoms with Gasteiger partial charge in [0, 0.05) is 11.1 Å². The van der Waals surface area contributed by atoms with Crippen LogP contribution in [0.5, 0.6) is 0 Å². The van der Waals surface area contributed by atoms with Gasteiger partial charge in [-0.3, -0.25) is 0 Å². The molecule has 0 amide bonds. The highest BCUT2D eigenvalue weighted by molar-refractivity contribution is 6.31. The van der Waals surface area contributed by atoms with Crippen LogP contribution in [0.1, 0.15) is 68.5 Å². The van der Waals surface area contributed by atoms with Crippen LogP contribution in [0.2, 0.25) is 10.0 Å². The first kappa shape index (κ1) is 30.4. The molecule has 39 heavy (non-hydrogen) atoms. The van der Waals surface area contributed by atoms with Gasteiger partial charge in [-0.15, -0.1) is 10.2 Å². The second-order valence-corrected chi connectivity index (χ2v) is 9.65. The van der Waals surface area contributed by atoms with Crippen molar-refractivity contribution < 1.29 is 30.7 Å². The minimum Gasteiger partial charge on any atom is -0.220 e. The molecule has 0 unspecified atom stereocenters. The van der Waals surface area contributed by atoms with Gasteiger partial charge in [0.1, 0.15) is 17.3 Å². The molecule has 0 spiro atoms. The zero-order chi connectivity index (χ0) is 29.2. The molecular weight excluding hydrogens is 576 g/mol. The predicted molar refractivity (Wildman–Crippen MR) is 131 cm³/mol. The maximum absolute atomic E-state index is 14.0. The molecule has 0 saturated heterocycles. The SMILES string of the molecule is CC(C)c1c(-n2cc(C(F)(F)F)nn2)ccc(Cl)c1F.CC(C)c1c(-n2cc(C(F)F)nn2)ccc(Cl)c1F. The normalized spacial score (nSPS) is 11.9. The third-order valence-electron chi connectivity index (χ3n) is 5.39. The second kappa shape index (κ2) is 11.9. The highest BCUT2D eigenvalue weighted by Crippen LogP contribution is 2.33. The monoisotopic (exact) mass is 596 g/mol. The molecule has 2 aromatic carbocycles. The summed E-state index contributed by atoms with van der Waals surface area (Å²) < 4.78 is 92.6. The standard InChI is InChI=1S/C12H10ClF4N3.C12H11ClF3N3/c1-6(2)10-8(4-3-7(13)11(10)14)20-5-9(18-19-20)12(15,16)17;1-6(2)10-9(4-3-7(13)11(10)14)19-5-8(12(15)16)17-18-19/h3-6H,1-2H3;3-6,12H,1-2H3. The fraction of sp³-hybridized carbons (Fsp3) is 0.333. The van der Waals surface area contributed by atoms with Crippen molar-refractivity contribution in [3.05, 3.63) is 80.9 Å². The van der Waals surface area contributed by atoms with Crippen molar-refractivity contribution in [2.45, 2.75) is 52.1 Å². The van der Waals surface area contributed by atoms with E-state index in [0.29, 0.717) is 17.4 Å². The molecule has 6 nitrogen and oxygen atoms in total. The molecule has 0 atom stereocenters. The van der Waals surface area contributed by atoms with Gasteiger partial charge in [0.25, 0.3) is 6.43 Å². The number of alkyl halides is 5. The average molecular weight is 597 g/mol. The number of hydrogen-bond acceptors (Lipinski definition) is 4. The van der Waals surface area contributed by atoms with E-state index >= 15 is 0 Å². The summed E-state index contributed by atoms with van der Waals surface area (Å²) in [4.78, 5) is 0. The van der Waals surface area contributed by atoms with E-state index in [0.717, 1.165) is 15.6 Å². The van der Waals surface area contributed by atoms with E-state index in [1.807, 2.05) is 0 Å². The van der Waals surface area contributed by atoms with Gasteiger partial charge in [0.2, 0.25) is 0 Å². The Kier molecular flexibility index (Phi) is 9.27. The van der Waals surface area contributed by atoms with Crippen molar-refractivity contribution in [2.24, 2.45) is 0 Å². The summed E-state index contributed by atoms with van der Waals surface area (Å²) in [6, 6.07) is 5.58. The third-order valence-corrected chi connectivity index (χ3v) is 5.97. The van der Waals surface area contributed by atoms with Crippen LogP contribution in [0.4, 0.5) is 30.7 Å². The Balaban J connectivity index is 0.000000216. The van der Waals surface area contributed by atoms with E-state index in [4.69, 9.17) is 23.2 Å². The molecule has 2 heterocycles. The van der Waals surface area contributed by atoms with Crippen LogP contribution in [0, 0.1) is 11.6 Å². The summed E-state index contributed by atoms with van der Waals surface area (Å²) in [5.41, 5.74) is -0.539. The lowest BCUT2D eigenvalue weighted by atomic mass is 10.0. The van der Waals surface area contributed by atoms with E-state index in [9.17, 15) is 30.7 Å². The van der Waals surface area contributed by atoms with Crippen molar-refractivity contribution in [1.82, 2.24) is 30.0 Å². The molecule has 15 heteroatoms. The van der Waals surface area contributed by atoms with E-state index in [1.54, 1.807) is 27.7 Å².